The van der Waals surface area contributed by atoms with Gasteiger partial charge in [0.25, 0.3) is 0 Å². The van der Waals surface area contributed by atoms with Crippen LogP contribution in [0, 0.1) is 0 Å². The van der Waals surface area contributed by atoms with Crippen molar-refractivity contribution in [2.45, 2.75) is 13.5 Å². The number of esters is 1. The first-order valence-electron chi connectivity index (χ1n) is 5.30. The number of methoxy groups -OCH3 is 1. The number of carbonyl (C=O) groups excluding carboxylic acids is 1. The van der Waals surface area contributed by atoms with Crippen molar-refractivity contribution < 1.29 is 9.53 Å². The first-order valence-corrected chi connectivity index (χ1v) is 6.47. The maximum absolute atomic E-state index is 11.2. The van der Waals surface area contributed by atoms with E-state index in [9.17, 15) is 4.79 Å². The number of carbonyl (C=O) groups is 1. The third-order valence-electron chi connectivity index (χ3n) is 2.44. The summed E-state index contributed by atoms with van der Waals surface area (Å²) in [5.41, 5.74) is 1.00. The van der Waals surface area contributed by atoms with E-state index < -0.39 is 0 Å². The summed E-state index contributed by atoms with van der Waals surface area (Å²) in [4.78, 5) is 13.2. The Bertz CT molecular complexity index is 398. The smallest absolute Gasteiger partial charge is 0.319 e. The van der Waals surface area contributed by atoms with Gasteiger partial charge >= 0.3 is 5.97 Å². The predicted octanol–water partition coefficient (Wildman–Crippen LogP) is 3.10. The zero-order chi connectivity index (χ0) is 12.8. The van der Waals surface area contributed by atoms with Crippen LogP contribution in [0.4, 0.5) is 0 Å². The van der Waals surface area contributed by atoms with Crippen LogP contribution in [-0.4, -0.2) is 31.1 Å². The maximum Gasteiger partial charge on any atom is 0.319 e. The number of halogens is 2. The van der Waals surface area contributed by atoms with Crippen molar-refractivity contribution >= 4 is 33.5 Å². The van der Waals surface area contributed by atoms with E-state index in [4.69, 9.17) is 11.6 Å². The number of hydrogen-bond donors (Lipinski definition) is 0. The van der Waals surface area contributed by atoms with Crippen molar-refractivity contribution in [3.05, 3.63) is 33.3 Å². The Morgan fingerprint density at radius 1 is 1.53 bits per heavy atom. The first kappa shape index (κ1) is 14.5. The van der Waals surface area contributed by atoms with E-state index in [0.29, 0.717) is 11.6 Å². The zero-order valence-electron chi connectivity index (χ0n) is 9.87. The molecule has 3 nitrogen and oxygen atoms in total. The molecule has 0 N–H and O–H groups in total. The van der Waals surface area contributed by atoms with Crippen molar-refractivity contribution in [3.8, 4) is 0 Å². The summed E-state index contributed by atoms with van der Waals surface area (Å²) in [5.74, 6) is -0.236. The van der Waals surface area contributed by atoms with E-state index in [1.807, 2.05) is 30.0 Å². The number of rotatable bonds is 5. The second kappa shape index (κ2) is 6.99. The second-order valence-electron chi connectivity index (χ2n) is 3.62. The van der Waals surface area contributed by atoms with E-state index in [1.54, 1.807) is 0 Å². The molecule has 0 saturated carbocycles. The summed E-state index contributed by atoms with van der Waals surface area (Å²) >= 11 is 9.49. The molecule has 17 heavy (non-hydrogen) atoms. The van der Waals surface area contributed by atoms with Crippen molar-refractivity contribution in [2.75, 3.05) is 20.2 Å². The van der Waals surface area contributed by atoms with Crippen LogP contribution in [-0.2, 0) is 16.1 Å². The molecule has 94 valence electrons. The van der Waals surface area contributed by atoms with Gasteiger partial charge < -0.3 is 4.74 Å². The number of likely N-dealkylation sites (N-methyl/N-ethyl adjacent to an activating group) is 1. The molecular formula is C12H15BrClNO2. The Morgan fingerprint density at radius 3 is 2.76 bits per heavy atom. The molecular weight excluding hydrogens is 305 g/mol. The molecule has 0 amide bonds. The van der Waals surface area contributed by atoms with Gasteiger partial charge in [-0.2, -0.15) is 0 Å². The third kappa shape index (κ3) is 4.66. The van der Waals surface area contributed by atoms with Crippen LogP contribution in [0.25, 0.3) is 0 Å². The first-order chi connectivity index (χ1) is 8.06. The van der Waals surface area contributed by atoms with Gasteiger partial charge in [-0.15, -0.1) is 0 Å². The minimum atomic E-state index is -0.236. The van der Waals surface area contributed by atoms with Crippen LogP contribution in [0.1, 0.15) is 12.5 Å². The van der Waals surface area contributed by atoms with Crippen LogP contribution < -0.4 is 0 Å². The number of nitrogens with zero attached hydrogens (tertiary/aromatic N) is 1. The summed E-state index contributed by atoms with van der Waals surface area (Å²) in [6, 6.07) is 5.74. The monoisotopic (exact) mass is 319 g/mol. The minimum Gasteiger partial charge on any atom is -0.468 e. The molecule has 0 fully saturated rings. The molecule has 1 aromatic carbocycles. The van der Waals surface area contributed by atoms with Gasteiger partial charge in [-0.25, -0.2) is 0 Å². The summed E-state index contributed by atoms with van der Waals surface area (Å²) in [7, 11) is 1.39. The standard InChI is InChI=1S/C12H15BrClNO2/c1-3-15(8-12(16)17-2)7-9-4-5-10(13)6-11(9)14/h4-6H,3,7-8H2,1-2H3. The Morgan fingerprint density at radius 2 is 2.24 bits per heavy atom. The molecule has 0 atom stereocenters. The fraction of sp³-hybridized carbons (Fsp3) is 0.417. The normalized spacial score (nSPS) is 10.6. The van der Waals surface area contributed by atoms with Crippen molar-refractivity contribution in [2.24, 2.45) is 0 Å². The van der Waals surface area contributed by atoms with Crippen LogP contribution in [0.5, 0.6) is 0 Å². The van der Waals surface area contributed by atoms with E-state index in [0.717, 1.165) is 16.6 Å². The number of hydrogen-bond acceptors (Lipinski definition) is 3. The van der Waals surface area contributed by atoms with Gasteiger partial charge in [0, 0.05) is 16.0 Å². The molecule has 5 heteroatoms. The number of ether oxygens (including phenoxy) is 1. The quantitative estimate of drug-likeness (QED) is 0.781. The Kier molecular flexibility index (Phi) is 5.95. The lowest BCUT2D eigenvalue weighted by Gasteiger charge is -2.19. The van der Waals surface area contributed by atoms with E-state index >= 15 is 0 Å². The topological polar surface area (TPSA) is 29.5 Å². The highest BCUT2D eigenvalue weighted by molar-refractivity contribution is 9.10. The highest BCUT2D eigenvalue weighted by Crippen LogP contribution is 2.22. The highest BCUT2D eigenvalue weighted by atomic mass is 79.9. The molecule has 0 aliphatic rings. The fourth-order valence-electron chi connectivity index (χ4n) is 1.42. The summed E-state index contributed by atoms with van der Waals surface area (Å²) in [6.07, 6.45) is 0. The van der Waals surface area contributed by atoms with Crippen LogP contribution in [0.2, 0.25) is 5.02 Å². The fourth-order valence-corrected chi connectivity index (χ4v) is 2.15. The molecule has 0 aliphatic carbocycles. The Labute approximate surface area is 115 Å². The third-order valence-corrected chi connectivity index (χ3v) is 3.28. The van der Waals surface area contributed by atoms with E-state index in [1.165, 1.54) is 7.11 Å². The Balaban J connectivity index is 2.70. The lowest BCUT2D eigenvalue weighted by molar-refractivity contribution is -0.142. The minimum absolute atomic E-state index is 0.236. The summed E-state index contributed by atoms with van der Waals surface area (Å²) in [5, 5.41) is 0.697. The average molecular weight is 321 g/mol. The van der Waals surface area contributed by atoms with Gasteiger partial charge in [-0.1, -0.05) is 40.5 Å². The molecule has 0 bridgehead atoms. The molecule has 1 rings (SSSR count). The van der Waals surface area contributed by atoms with E-state index in [-0.39, 0.29) is 12.5 Å². The van der Waals surface area contributed by atoms with Crippen LogP contribution in [0.15, 0.2) is 22.7 Å². The lowest BCUT2D eigenvalue weighted by Crippen LogP contribution is -2.30. The maximum atomic E-state index is 11.2. The van der Waals surface area contributed by atoms with Gasteiger partial charge in [0.1, 0.15) is 0 Å². The predicted molar refractivity (Wildman–Crippen MR) is 72.1 cm³/mol. The molecule has 0 spiro atoms. The lowest BCUT2D eigenvalue weighted by atomic mass is 10.2. The highest BCUT2D eigenvalue weighted by Gasteiger charge is 2.11. The molecule has 0 unspecified atom stereocenters. The van der Waals surface area contributed by atoms with Gasteiger partial charge in [0.2, 0.25) is 0 Å². The van der Waals surface area contributed by atoms with Gasteiger partial charge in [0.05, 0.1) is 13.7 Å². The molecule has 0 aromatic heterocycles. The molecule has 1 aromatic rings. The molecule has 0 radical (unpaired) electrons. The van der Waals surface area contributed by atoms with Crippen LogP contribution >= 0.6 is 27.5 Å². The number of benzene rings is 1. The Hall–Kier alpha value is -0.580. The van der Waals surface area contributed by atoms with E-state index in [2.05, 4.69) is 20.7 Å². The summed E-state index contributed by atoms with van der Waals surface area (Å²) in [6.45, 7) is 3.67. The van der Waals surface area contributed by atoms with Gasteiger partial charge in [-0.05, 0) is 24.2 Å². The molecule has 0 heterocycles. The SMILES string of the molecule is CCN(CC(=O)OC)Cc1ccc(Br)cc1Cl. The van der Waals surface area contributed by atoms with Crippen molar-refractivity contribution in [3.63, 3.8) is 0 Å². The second-order valence-corrected chi connectivity index (χ2v) is 4.94. The molecule has 0 saturated heterocycles. The van der Waals surface area contributed by atoms with Gasteiger partial charge in [-0.3, -0.25) is 9.69 Å². The molecule has 0 aliphatic heterocycles. The average Bonchev–Trinajstić information content (AvgIpc) is 2.31. The van der Waals surface area contributed by atoms with Gasteiger partial charge in [0.15, 0.2) is 0 Å². The largest absolute Gasteiger partial charge is 0.468 e. The van der Waals surface area contributed by atoms with Crippen molar-refractivity contribution in [1.29, 1.82) is 0 Å². The zero-order valence-corrected chi connectivity index (χ0v) is 12.2. The summed E-state index contributed by atoms with van der Waals surface area (Å²) < 4.78 is 5.60. The van der Waals surface area contributed by atoms with Crippen LogP contribution in [0.3, 0.4) is 0 Å². The van der Waals surface area contributed by atoms with Crippen molar-refractivity contribution in [1.82, 2.24) is 4.90 Å².